The number of nitrogens with zero attached hydrogens (tertiary/aromatic N) is 2. The Kier molecular flexibility index (Phi) is 6.30. The van der Waals surface area contributed by atoms with Crippen LogP contribution in [-0.4, -0.2) is 9.13 Å². The van der Waals surface area contributed by atoms with Gasteiger partial charge in [-0.1, -0.05) is 133 Å². The summed E-state index contributed by atoms with van der Waals surface area (Å²) >= 11 is 0. The van der Waals surface area contributed by atoms with Crippen LogP contribution in [0.3, 0.4) is 0 Å². The summed E-state index contributed by atoms with van der Waals surface area (Å²) in [5.41, 5.74) is 10.3. The molecule has 0 radical (unpaired) electrons. The predicted molar refractivity (Wildman–Crippen MR) is 260 cm³/mol. The average molecular weight is 763 g/mol. The van der Waals surface area contributed by atoms with E-state index in [2.05, 4.69) is 193 Å². The second kappa shape index (κ2) is 11.6. The van der Waals surface area contributed by atoms with E-state index in [9.17, 15) is 0 Å². The molecule has 14 rings (SSSR count). The predicted octanol–water partition coefficient (Wildman–Crippen LogP) is 16.2. The Hall–Kier alpha value is -7.42. The Bertz CT molecular complexity index is 3870. The van der Waals surface area contributed by atoms with E-state index in [0.29, 0.717) is 0 Å². The molecule has 0 saturated heterocycles. The quantitative estimate of drug-likeness (QED) is 0.125. The Morgan fingerprint density at radius 3 is 1.02 bits per heavy atom. The zero-order valence-corrected chi connectivity index (χ0v) is 33.5. The van der Waals surface area contributed by atoms with Gasteiger partial charge >= 0.3 is 0 Å². The van der Waals surface area contributed by atoms with Crippen molar-refractivity contribution in [2.75, 3.05) is 0 Å². The molecule has 0 spiro atoms. The first-order valence-corrected chi connectivity index (χ1v) is 21.5. The van der Waals surface area contributed by atoms with Crippen molar-refractivity contribution >= 4 is 119 Å². The first-order valence-electron chi connectivity index (χ1n) is 21.5. The monoisotopic (exact) mass is 762 g/mol. The van der Waals surface area contributed by atoms with Crippen LogP contribution in [0, 0.1) is 0 Å². The minimum Gasteiger partial charge on any atom is -0.341 e. The van der Waals surface area contributed by atoms with Crippen molar-refractivity contribution in [3.8, 4) is 22.3 Å². The Morgan fingerprint density at radius 2 is 0.583 bits per heavy atom. The highest BCUT2D eigenvalue weighted by Gasteiger charge is 2.25. The largest absolute Gasteiger partial charge is 0.341 e. The first kappa shape index (κ1) is 32.5. The van der Waals surface area contributed by atoms with Crippen LogP contribution in [0.5, 0.6) is 0 Å². The van der Waals surface area contributed by atoms with Crippen LogP contribution in [0.4, 0.5) is 0 Å². The van der Waals surface area contributed by atoms with Gasteiger partial charge < -0.3 is 9.13 Å². The Balaban J connectivity index is 1.15. The molecule has 0 bridgehead atoms. The summed E-state index contributed by atoms with van der Waals surface area (Å²) in [5, 5.41) is 24.0. The van der Waals surface area contributed by atoms with Crippen LogP contribution < -0.4 is 0 Å². The van der Waals surface area contributed by atoms with E-state index in [-0.39, 0.29) is 0 Å². The highest BCUT2D eigenvalue weighted by Crippen LogP contribution is 2.53. The molecule has 0 fully saturated rings. The number of rotatable bonds is 4. The van der Waals surface area contributed by atoms with Crippen LogP contribution >= 0.6 is 0 Å². The van der Waals surface area contributed by atoms with Crippen molar-refractivity contribution in [1.82, 2.24) is 9.13 Å². The minimum absolute atomic E-state index is 0.937. The Morgan fingerprint density at radius 1 is 0.267 bits per heavy atom. The molecule has 2 nitrogen and oxygen atoms in total. The molecule has 60 heavy (non-hydrogen) atoms. The van der Waals surface area contributed by atoms with Gasteiger partial charge in [-0.15, -0.1) is 0 Å². The van der Waals surface area contributed by atoms with Gasteiger partial charge in [0.2, 0.25) is 0 Å². The molecule has 12 aromatic carbocycles. The fourth-order valence-corrected chi connectivity index (χ4v) is 11.8. The van der Waals surface area contributed by atoms with Crippen molar-refractivity contribution in [3.05, 3.63) is 170 Å². The van der Waals surface area contributed by atoms with Gasteiger partial charge in [-0.2, -0.15) is 0 Å². The van der Waals surface area contributed by atoms with Crippen LogP contribution in [-0.2, 0) is 13.1 Å². The van der Waals surface area contributed by atoms with Crippen LogP contribution in [0.1, 0.15) is 13.8 Å². The van der Waals surface area contributed by atoms with E-state index >= 15 is 0 Å². The molecule has 0 aliphatic rings. The van der Waals surface area contributed by atoms with Crippen molar-refractivity contribution < 1.29 is 0 Å². The maximum Gasteiger partial charge on any atom is 0.0491 e. The summed E-state index contributed by atoms with van der Waals surface area (Å²) in [4.78, 5) is 0. The lowest BCUT2D eigenvalue weighted by atomic mass is 9.79. The smallest absolute Gasteiger partial charge is 0.0491 e. The standard InChI is InChI=1S/C58H38N2/c1-3-59-49-19-11-9-15-39(49)47-31-33(21-29-51(47)59)35-23-25-45-46-26-24-36(34-22-30-52-48(32-34)40-16-10-12-20-50(40)60(52)4-2)54-42-18-8-6-14-38(42)44-28-27-43-37-13-5-7-17-41(37)53(35)55(45)57(43)58(44)56(46)54/h5-32H,3-4H2,1-2H3. The molecule has 0 N–H and O–H groups in total. The number of hydrogen-bond acceptors (Lipinski definition) is 0. The summed E-state index contributed by atoms with van der Waals surface area (Å²) in [6.45, 7) is 6.37. The summed E-state index contributed by atoms with van der Waals surface area (Å²) in [6.07, 6.45) is 0. The number of benzene rings is 12. The van der Waals surface area contributed by atoms with Gasteiger partial charge in [0.25, 0.3) is 0 Å². The summed E-state index contributed by atoms with van der Waals surface area (Å²) in [7, 11) is 0. The van der Waals surface area contributed by atoms with E-state index in [1.807, 2.05) is 0 Å². The number of para-hydroxylation sites is 2. The molecule has 2 heterocycles. The fourth-order valence-electron chi connectivity index (χ4n) is 11.8. The lowest BCUT2D eigenvalue weighted by Gasteiger charge is -2.24. The molecule has 2 heteroatoms. The third-order valence-electron chi connectivity index (χ3n) is 14.2. The third-order valence-corrected chi connectivity index (χ3v) is 14.2. The lowest BCUT2D eigenvalue weighted by Crippen LogP contribution is -1.96. The van der Waals surface area contributed by atoms with E-state index in [0.717, 1.165) is 13.1 Å². The molecular weight excluding hydrogens is 725 g/mol. The molecule has 280 valence electrons. The normalized spacial score (nSPS) is 12.6. The molecular formula is C58H38N2. The number of aryl methyl sites for hydroxylation is 2. The van der Waals surface area contributed by atoms with Crippen molar-refractivity contribution in [2.24, 2.45) is 0 Å². The SMILES string of the molecule is CCn1c2ccccc2c2cc(-c3ccc4c5ccc(-c6ccc7c(c6)c6ccccc6n7CC)c6c7ccccc7c7ccc8c9ccccc9c3c4c8c7c56)ccc21. The Labute approximate surface area is 345 Å². The highest BCUT2D eigenvalue weighted by atomic mass is 15.0. The van der Waals surface area contributed by atoms with Gasteiger partial charge in [0.1, 0.15) is 0 Å². The molecule has 2 aromatic heterocycles. The molecule has 0 atom stereocenters. The molecule has 0 aliphatic heterocycles. The summed E-state index contributed by atoms with van der Waals surface area (Å²) in [5.74, 6) is 0. The number of fused-ring (bicyclic) bond motifs is 13. The molecule has 0 aliphatic carbocycles. The summed E-state index contributed by atoms with van der Waals surface area (Å²) in [6, 6.07) is 64.8. The zero-order valence-electron chi connectivity index (χ0n) is 33.5. The maximum atomic E-state index is 2.45. The van der Waals surface area contributed by atoms with E-state index in [4.69, 9.17) is 0 Å². The molecule has 0 unspecified atom stereocenters. The summed E-state index contributed by atoms with van der Waals surface area (Å²) < 4.78 is 4.90. The number of hydrogen-bond donors (Lipinski definition) is 0. The van der Waals surface area contributed by atoms with Crippen LogP contribution in [0.25, 0.3) is 141 Å². The minimum atomic E-state index is 0.937. The molecule has 14 aromatic rings. The molecule has 0 saturated carbocycles. The second-order valence-electron chi connectivity index (χ2n) is 16.8. The van der Waals surface area contributed by atoms with Gasteiger partial charge in [0.05, 0.1) is 0 Å². The van der Waals surface area contributed by atoms with Crippen LogP contribution in [0.15, 0.2) is 170 Å². The van der Waals surface area contributed by atoms with Crippen molar-refractivity contribution in [3.63, 3.8) is 0 Å². The zero-order chi connectivity index (χ0) is 39.4. The lowest BCUT2D eigenvalue weighted by molar-refractivity contribution is 0.827. The topological polar surface area (TPSA) is 9.86 Å². The van der Waals surface area contributed by atoms with E-state index < -0.39 is 0 Å². The van der Waals surface area contributed by atoms with Gasteiger partial charge in [0, 0.05) is 56.7 Å². The number of aromatic nitrogens is 2. The van der Waals surface area contributed by atoms with E-state index in [1.54, 1.807) is 0 Å². The van der Waals surface area contributed by atoms with Crippen molar-refractivity contribution in [2.45, 2.75) is 26.9 Å². The van der Waals surface area contributed by atoms with Gasteiger partial charge in [-0.3, -0.25) is 0 Å². The van der Waals surface area contributed by atoms with Crippen LogP contribution in [0.2, 0.25) is 0 Å². The van der Waals surface area contributed by atoms with Gasteiger partial charge in [0.15, 0.2) is 0 Å². The van der Waals surface area contributed by atoms with Gasteiger partial charge in [-0.05, 0) is 148 Å². The van der Waals surface area contributed by atoms with E-state index in [1.165, 1.54) is 141 Å². The van der Waals surface area contributed by atoms with Gasteiger partial charge in [-0.25, -0.2) is 0 Å². The van der Waals surface area contributed by atoms with Crippen molar-refractivity contribution in [1.29, 1.82) is 0 Å². The highest BCUT2D eigenvalue weighted by molar-refractivity contribution is 6.49. The fraction of sp³-hybridized carbons (Fsp3) is 0.0690. The first-order chi connectivity index (χ1) is 29.7. The second-order valence-corrected chi connectivity index (χ2v) is 16.8. The third kappa shape index (κ3) is 3.94. The average Bonchev–Trinajstić information content (AvgIpc) is 3.81. The molecule has 0 amide bonds. The maximum absolute atomic E-state index is 2.45.